The Kier molecular flexibility index (Phi) is 4.81. The Morgan fingerprint density at radius 3 is 2.56 bits per heavy atom. The standard InChI is InChI=1S/C19H19N3O2S/c1-3-12(2)20-17(23)13-8-10-14(11-9-13)22-18(24)15-6-4-5-7-16(15)21-19(22)25/h4-12H,3H2,1-2H3,(H,20,23)(H,21,25)/t12-/m1/s1. The predicted molar refractivity (Wildman–Crippen MR) is 102 cm³/mol. The molecule has 25 heavy (non-hydrogen) atoms. The molecule has 0 aliphatic heterocycles. The topological polar surface area (TPSA) is 66.9 Å². The number of hydrogen-bond donors (Lipinski definition) is 2. The molecule has 3 aromatic rings. The molecule has 2 aromatic carbocycles. The molecule has 0 aliphatic carbocycles. The Morgan fingerprint density at radius 2 is 1.88 bits per heavy atom. The van der Waals surface area contributed by atoms with Crippen molar-refractivity contribution in [3.05, 3.63) is 69.2 Å². The summed E-state index contributed by atoms with van der Waals surface area (Å²) in [5.41, 5.74) is 1.69. The quantitative estimate of drug-likeness (QED) is 0.705. The van der Waals surface area contributed by atoms with Gasteiger partial charge in [0.25, 0.3) is 11.5 Å². The monoisotopic (exact) mass is 353 g/mol. The SMILES string of the molecule is CC[C@@H](C)NC(=O)c1ccc(-n2c(=S)[nH]c3ccccc3c2=O)cc1. The Labute approximate surface area is 150 Å². The number of nitrogens with one attached hydrogen (secondary N) is 2. The summed E-state index contributed by atoms with van der Waals surface area (Å²) in [6, 6.07) is 14.2. The fourth-order valence-electron chi connectivity index (χ4n) is 2.57. The molecule has 128 valence electrons. The van der Waals surface area contributed by atoms with Crippen molar-refractivity contribution in [3.8, 4) is 5.69 Å². The maximum Gasteiger partial charge on any atom is 0.266 e. The molecule has 1 aromatic heterocycles. The average Bonchev–Trinajstić information content (AvgIpc) is 2.62. The minimum Gasteiger partial charge on any atom is -0.350 e. The van der Waals surface area contributed by atoms with Crippen LogP contribution in [0, 0.1) is 4.77 Å². The zero-order chi connectivity index (χ0) is 18.0. The second-order valence-electron chi connectivity index (χ2n) is 5.95. The number of benzene rings is 2. The summed E-state index contributed by atoms with van der Waals surface area (Å²) in [6.45, 7) is 3.97. The Balaban J connectivity index is 2.01. The number of nitrogens with zero attached hydrogens (tertiary/aromatic N) is 1. The van der Waals surface area contributed by atoms with Crippen LogP contribution in [0.3, 0.4) is 0 Å². The van der Waals surface area contributed by atoms with Gasteiger partial charge in [-0.3, -0.25) is 14.2 Å². The normalized spacial score (nSPS) is 12.1. The van der Waals surface area contributed by atoms with Crippen LogP contribution in [0.2, 0.25) is 0 Å². The second-order valence-corrected chi connectivity index (χ2v) is 6.33. The van der Waals surface area contributed by atoms with Gasteiger partial charge < -0.3 is 10.3 Å². The summed E-state index contributed by atoms with van der Waals surface area (Å²) in [7, 11) is 0. The second kappa shape index (κ2) is 7.03. The highest BCUT2D eigenvalue weighted by Gasteiger charge is 2.10. The molecule has 0 spiro atoms. The molecule has 0 aliphatic rings. The number of hydrogen-bond acceptors (Lipinski definition) is 3. The van der Waals surface area contributed by atoms with Crippen molar-refractivity contribution >= 4 is 29.0 Å². The van der Waals surface area contributed by atoms with Crippen molar-refractivity contribution in [2.24, 2.45) is 0 Å². The number of aromatic amines is 1. The zero-order valence-electron chi connectivity index (χ0n) is 14.1. The molecule has 1 heterocycles. The van der Waals surface area contributed by atoms with Crippen LogP contribution in [0.1, 0.15) is 30.6 Å². The van der Waals surface area contributed by atoms with Crippen molar-refractivity contribution < 1.29 is 4.79 Å². The highest BCUT2D eigenvalue weighted by Crippen LogP contribution is 2.12. The third-order valence-corrected chi connectivity index (χ3v) is 4.47. The largest absolute Gasteiger partial charge is 0.350 e. The van der Waals surface area contributed by atoms with E-state index in [4.69, 9.17) is 12.2 Å². The van der Waals surface area contributed by atoms with Crippen molar-refractivity contribution in [3.63, 3.8) is 0 Å². The molecule has 3 rings (SSSR count). The number of para-hydroxylation sites is 1. The van der Waals surface area contributed by atoms with Gasteiger partial charge in [0.05, 0.1) is 16.6 Å². The number of fused-ring (bicyclic) bond motifs is 1. The predicted octanol–water partition coefficient (Wildman–Crippen LogP) is 3.58. The van der Waals surface area contributed by atoms with Gasteiger partial charge in [0, 0.05) is 11.6 Å². The Bertz CT molecular complexity index is 1030. The van der Waals surface area contributed by atoms with E-state index in [2.05, 4.69) is 10.3 Å². The first-order chi connectivity index (χ1) is 12.0. The lowest BCUT2D eigenvalue weighted by atomic mass is 10.1. The van der Waals surface area contributed by atoms with Gasteiger partial charge in [0.2, 0.25) is 0 Å². The average molecular weight is 353 g/mol. The Morgan fingerprint density at radius 1 is 1.20 bits per heavy atom. The molecule has 1 amide bonds. The number of carbonyl (C=O) groups is 1. The molecule has 0 saturated carbocycles. The van der Waals surface area contributed by atoms with Gasteiger partial charge in [-0.15, -0.1) is 0 Å². The van der Waals surface area contributed by atoms with Crippen LogP contribution < -0.4 is 10.9 Å². The smallest absolute Gasteiger partial charge is 0.266 e. The van der Waals surface area contributed by atoms with Crippen LogP contribution in [0.25, 0.3) is 16.6 Å². The highest BCUT2D eigenvalue weighted by atomic mass is 32.1. The van der Waals surface area contributed by atoms with Gasteiger partial charge in [-0.1, -0.05) is 19.1 Å². The van der Waals surface area contributed by atoms with E-state index < -0.39 is 0 Å². The van der Waals surface area contributed by atoms with Crippen molar-refractivity contribution in [2.45, 2.75) is 26.3 Å². The number of amides is 1. The highest BCUT2D eigenvalue weighted by molar-refractivity contribution is 7.71. The summed E-state index contributed by atoms with van der Waals surface area (Å²) in [5.74, 6) is -0.128. The zero-order valence-corrected chi connectivity index (χ0v) is 14.9. The van der Waals surface area contributed by atoms with Crippen LogP contribution >= 0.6 is 12.2 Å². The van der Waals surface area contributed by atoms with E-state index in [0.717, 1.165) is 6.42 Å². The Hall–Kier alpha value is -2.73. The molecule has 1 atom stereocenters. The maximum absolute atomic E-state index is 12.7. The number of H-pyrrole nitrogens is 1. The van der Waals surface area contributed by atoms with E-state index in [0.29, 0.717) is 26.9 Å². The van der Waals surface area contributed by atoms with E-state index in [9.17, 15) is 9.59 Å². The van der Waals surface area contributed by atoms with E-state index in [1.54, 1.807) is 30.3 Å². The molecular weight excluding hydrogens is 334 g/mol. The molecule has 0 saturated heterocycles. The molecule has 2 N–H and O–H groups in total. The molecule has 0 unspecified atom stereocenters. The van der Waals surface area contributed by atoms with Gasteiger partial charge in [-0.2, -0.15) is 0 Å². The summed E-state index contributed by atoms with van der Waals surface area (Å²) in [4.78, 5) is 28.0. The summed E-state index contributed by atoms with van der Waals surface area (Å²) < 4.78 is 1.76. The van der Waals surface area contributed by atoms with Gasteiger partial charge in [-0.05, 0) is 62.0 Å². The lowest BCUT2D eigenvalue weighted by Crippen LogP contribution is -2.31. The van der Waals surface area contributed by atoms with Crippen molar-refractivity contribution in [1.82, 2.24) is 14.9 Å². The summed E-state index contributed by atoms with van der Waals surface area (Å²) in [5, 5.41) is 3.48. The van der Waals surface area contributed by atoms with Crippen LogP contribution in [0.15, 0.2) is 53.3 Å². The molecule has 0 radical (unpaired) electrons. The van der Waals surface area contributed by atoms with Crippen LogP contribution in [0.5, 0.6) is 0 Å². The van der Waals surface area contributed by atoms with Crippen LogP contribution in [0.4, 0.5) is 0 Å². The van der Waals surface area contributed by atoms with Gasteiger partial charge in [0.15, 0.2) is 4.77 Å². The summed E-state index contributed by atoms with van der Waals surface area (Å²) >= 11 is 5.33. The maximum atomic E-state index is 12.7. The first kappa shape index (κ1) is 17.1. The number of rotatable bonds is 4. The number of carbonyl (C=O) groups excluding carboxylic acids is 1. The fourth-order valence-corrected chi connectivity index (χ4v) is 2.87. The summed E-state index contributed by atoms with van der Waals surface area (Å²) in [6.07, 6.45) is 0.867. The third-order valence-electron chi connectivity index (χ3n) is 4.18. The lowest BCUT2D eigenvalue weighted by Gasteiger charge is -2.12. The molecular formula is C19H19N3O2S. The molecule has 5 nitrogen and oxygen atoms in total. The van der Waals surface area contributed by atoms with Gasteiger partial charge in [-0.25, -0.2) is 0 Å². The number of aromatic nitrogens is 2. The molecule has 0 fully saturated rings. The molecule has 0 bridgehead atoms. The van der Waals surface area contributed by atoms with E-state index in [-0.39, 0.29) is 17.5 Å². The lowest BCUT2D eigenvalue weighted by molar-refractivity contribution is 0.0939. The van der Waals surface area contributed by atoms with Crippen LogP contribution in [-0.2, 0) is 0 Å². The van der Waals surface area contributed by atoms with Gasteiger partial charge >= 0.3 is 0 Å². The molecule has 6 heteroatoms. The van der Waals surface area contributed by atoms with E-state index in [1.807, 2.05) is 32.0 Å². The van der Waals surface area contributed by atoms with Crippen LogP contribution in [-0.4, -0.2) is 21.5 Å². The third kappa shape index (κ3) is 3.39. The van der Waals surface area contributed by atoms with Crippen molar-refractivity contribution in [2.75, 3.05) is 0 Å². The van der Waals surface area contributed by atoms with E-state index >= 15 is 0 Å². The van der Waals surface area contributed by atoms with Crippen molar-refractivity contribution in [1.29, 1.82) is 0 Å². The first-order valence-corrected chi connectivity index (χ1v) is 8.57. The first-order valence-electron chi connectivity index (χ1n) is 8.16. The minimum atomic E-state index is -0.184. The fraction of sp³-hybridized carbons (Fsp3) is 0.211. The minimum absolute atomic E-state index is 0.115. The van der Waals surface area contributed by atoms with Gasteiger partial charge in [0.1, 0.15) is 0 Å². The van der Waals surface area contributed by atoms with E-state index in [1.165, 1.54) is 4.57 Å².